The minimum atomic E-state index is -0.280. The Kier molecular flexibility index (Phi) is 5.28. The van der Waals surface area contributed by atoms with E-state index in [1.807, 2.05) is 19.9 Å². The van der Waals surface area contributed by atoms with Crippen molar-refractivity contribution in [2.45, 2.75) is 32.3 Å². The molecule has 0 spiro atoms. The van der Waals surface area contributed by atoms with Gasteiger partial charge in [-0.1, -0.05) is 0 Å². The number of hydrogen-bond donors (Lipinski definition) is 0. The second kappa shape index (κ2) is 6.07. The zero-order valence-corrected chi connectivity index (χ0v) is 13.3. The highest BCUT2D eigenvalue weighted by molar-refractivity contribution is 9.11. The van der Waals surface area contributed by atoms with Crippen LogP contribution in [0.2, 0.25) is 0 Å². The lowest BCUT2D eigenvalue weighted by molar-refractivity contribution is 0.0141. The van der Waals surface area contributed by atoms with Gasteiger partial charge in [-0.25, -0.2) is 0 Å². The van der Waals surface area contributed by atoms with E-state index in [2.05, 4.69) is 36.8 Å². The highest BCUT2D eigenvalue weighted by atomic mass is 79.9. The number of carbonyl (C=O) groups excluding carboxylic acids is 1. The predicted octanol–water partition coefficient (Wildman–Crippen LogP) is 3.99. The van der Waals surface area contributed by atoms with Gasteiger partial charge in [0.2, 0.25) is 0 Å². The SMILES string of the molecule is COC(C)(C)CCC(=O)c1ncc(Br)cc1Br. The lowest BCUT2D eigenvalue weighted by Crippen LogP contribution is -2.23. The number of ketones is 1. The van der Waals surface area contributed by atoms with Crippen molar-refractivity contribution in [2.75, 3.05) is 7.11 Å². The van der Waals surface area contributed by atoms with Gasteiger partial charge in [0.15, 0.2) is 5.78 Å². The van der Waals surface area contributed by atoms with Gasteiger partial charge in [-0.3, -0.25) is 9.78 Å². The second-order valence-corrected chi connectivity index (χ2v) is 6.14. The molecule has 0 bridgehead atoms. The summed E-state index contributed by atoms with van der Waals surface area (Å²) in [6, 6.07) is 1.82. The van der Waals surface area contributed by atoms with Crippen LogP contribution in [0.3, 0.4) is 0 Å². The molecule has 0 fully saturated rings. The molecule has 0 atom stereocenters. The fourth-order valence-corrected chi connectivity index (χ4v) is 2.46. The van der Waals surface area contributed by atoms with E-state index in [1.54, 1.807) is 13.3 Å². The summed E-state index contributed by atoms with van der Waals surface area (Å²) in [7, 11) is 1.65. The van der Waals surface area contributed by atoms with Crippen LogP contribution in [0.4, 0.5) is 0 Å². The number of halogens is 2. The maximum absolute atomic E-state index is 12.0. The van der Waals surface area contributed by atoms with E-state index in [0.717, 1.165) is 4.47 Å². The molecule has 1 heterocycles. The molecule has 1 aromatic heterocycles. The van der Waals surface area contributed by atoms with E-state index in [4.69, 9.17) is 4.74 Å². The van der Waals surface area contributed by atoms with Gasteiger partial charge in [-0.15, -0.1) is 0 Å². The van der Waals surface area contributed by atoms with Crippen LogP contribution in [-0.2, 0) is 4.74 Å². The van der Waals surface area contributed by atoms with Crippen molar-refractivity contribution in [2.24, 2.45) is 0 Å². The molecule has 0 unspecified atom stereocenters. The van der Waals surface area contributed by atoms with Crippen molar-refractivity contribution < 1.29 is 9.53 Å². The van der Waals surface area contributed by atoms with E-state index >= 15 is 0 Å². The van der Waals surface area contributed by atoms with Gasteiger partial charge >= 0.3 is 0 Å². The van der Waals surface area contributed by atoms with E-state index in [0.29, 0.717) is 23.0 Å². The fraction of sp³-hybridized carbons (Fsp3) is 0.500. The van der Waals surface area contributed by atoms with Crippen LogP contribution in [0, 0.1) is 0 Å². The quantitative estimate of drug-likeness (QED) is 0.741. The van der Waals surface area contributed by atoms with E-state index < -0.39 is 0 Å². The molecular weight excluding hydrogens is 350 g/mol. The molecule has 0 aromatic carbocycles. The lowest BCUT2D eigenvalue weighted by Gasteiger charge is -2.22. The summed E-state index contributed by atoms with van der Waals surface area (Å²) in [5, 5.41) is 0. The molecule has 0 aliphatic carbocycles. The molecule has 0 aliphatic rings. The highest BCUT2D eigenvalue weighted by Gasteiger charge is 2.20. The van der Waals surface area contributed by atoms with Gasteiger partial charge in [0, 0.05) is 28.7 Å². The lowest BCUT2D eigenvalue weighted by atomic mass is 9.99. The number of ether oxygens (including phenoxy) is 1. The van der Waals surface area contributed by atoms with Crippen LogP contribution in [-0.4, -0.2) is 23.5 Å². The van der Waals surface area contributed by atoms with Crippen molar-refractivity contribution in [1.82, 2.24) is 4.98 Å². The number of Topliss-reactive ketones (excluding diaryl/α,β-unsaturated/α-hetero) is 1. The standard InChI is InChI=1S/C12H15Br2NO2/c1-12(2,17-3)5-4-10(16)11-9(14)6-8(13)7-15-11/h6-7H,4-5H2,1-3H3. The molecular formula is C12H15Br2NO2. The molecule has 1 aromatic rings. The van der Waals surface area contributed by atoms with Crippen LogP contribution in [0.1, 0.15) is 37.2 Å². The fourth-order valence-electron chi connectivity index (χ4n) is 1.25. The van der Waals surface area contributed by atoms with Gasteiger partial charge in [0.05, 0.1) is 5.60 Å². The largest absolute Gasteiger partial charge is 0.379 e. The molecule has 17 heavy (non-hydrogen) atoms. The maximum atomic E-state index is 12.0. The van der Waals surface area contributed by atoms with Gasteiger partial charge < -0.3 is 4.74 Å². The predicted molar refractivity (Wildman–Crippen MR) is 74.3 cm³/mol. The molecule has 0 aliphatic heterocycles. The van der Waals surface area contributed by atoms with E-state index in [1.165, 1.54) is 0 Å². The van der Waals surface area contributed by atoms with Crippen molar-refractivity contribution in [3.63, 3.8) is 0 Å². The summed E-state index contributed by atoms with van der Waals surface area (Å²) in [5.74, 6) is 0.0227. The number of rotatable bonds is 5. The topological polar surface area (TPSA) is 39.2 Å². The molecule has 0 radical (unpaired) electrons. The smallest absolute Gasteiger partial charge is 0.182 e. The Labute approximate surface area is 118 Å². The zero-order valence-electron chi connectivity index (χ0n) is 10.1. The first-order chi connectivity index (χ1) is 7.85. The van der Waals surface area contributed by atoms with Crippen molar-refractivity contribution >= 4 is 37.6 Å². The molecule has 0 saturated carbocycles. The van der Waals surface area contributed by atoms with E-state index in [-0.39, 0.29) is 11.4 Å². The summed E-state index contributed by atoms with van der Waals surface area (Å²) in [6.45, 7) is 3.93. The summed E-state index contributed by atoms with van der Waals surface area (Å²) >= 11 is 6.64. The minimum absolute atomic E-state index is 0.0227. The summed E-state index contributed by atoms with van der Waals surface area (Å²) in [5.41, 5.74) is 0.192. The average Bonchev–Trinajstić information content (AvgIpc) is 2.26. The second-order valence-electron chi connectivity index (χ2n) is 4.37. The third kappa shape index (κ3) is 4.48. The molecule has 0 saturated heterocycles. The van der Waals surface area contributed by atoms with Crippen LogP contribution in [0.5, 0.6) is 0 Å². The number of carbonyl (C=O) groups is 1. The van der Waals surface area contributed by atoms with Gasteiger partial charge in [-0.05, 0) is 58.2 Å². The molecule has 0 amide bonds. The average molecular weight is 365 g/mol. The Balaban J connectivity index is 2.71. The number of aromatic nitrogens is 1. The molecule has 0 N–H and O–H groups in total. The summed E-state index contributed by atoms with van der Waals surface area (Å²) in [6.07, 6.45) is 2.72. The van der Waals surface area contributed by atoms with Crippen molar-refractivity contribution in [3.8, 4) is 0 Å². The first-order valence-corrected chi connectivity index (χ1v) is 6.84. The minimum Gasteiger partial charge on any atom is -0.379 e. The van der Waals surface area contributed by atoms with Gasteiger partial charge in [0.1, 0.15) is 5.69 Å². The Hall–Kier alpha value is -0.260. The van der Waals surface area contributed by atoms with Crippen LogP contribution < -0.4 is 0 Å². The molecule has 94 valence electrons. The maximum Gasteiger partial charge on any atom is 0.182 e. The van der Waals surface area contributed by atoms with Crippen molar-refractivity contribution in [1.29, 1.82) is 0 Å². The zero-order chi connectivity index (χ0) is 13.1. The number of methoxy groups -OCH3 is 1. The Morgan fingerprint density at radius 1 is 1.47 bits per heavy atom. The number of pyridine rings is 1. The molecule has 1 rings (SSSR count). The van der Waals surface area contributed by atoms with Crippen molar-refractivity contribution in [3.05, 3.63) is 26.9 Å². The monoisotopic (exact) mass is 363 g/mol. The Morgan fingerprint density at radius 3 is 2.65 bits per heavy atom. The molecule has 3 nitrogen and oxygen atoms in total. The third-order valence-electron chi connectivity index (χ3n) is 2.58. The number of hydrogen-bond acceptors (Lipinski definition) is 3. The first kappa shape index (κ1) is 14.8. The van der Waals surface area contributed by atoms with Gasteiger partial charge in [-0.2, -0.15) is 0 Å². The van der Waals surface area contributed by atoms with Crippen LogP contribution in [0.15, 0.2) is 21.2 Å². The first-order valence-electron chi connectivity index (χ1n) is 5.25. The molecule has 5 heteroatoms. The van der Waals surface area contributed by atoms with Crippen LogP contribution >= 0.6 is 31.9 Å². The Bertz CT molecular complexity index is 419. The normalized spacial score (nSPS) is 11.6. The third-order valence-corrected chi connectivity index (χ3v) is 3.62. The highest BCUT2D eigenvalue weighted by Crippen LogP contribution is 2.23. The van der Waals surface area contributed by atoms with Crippen LogP contribution in [0.25, 0.3) is 0 Å². The summed E-state index contributed by atoms with van der Waals surface area (Å²) in [4.78, 5) is 16.1. The Morgan fingerprint density at radius 2 is 2.12 bits per heavy atom. The van der Waals surface area contributed by atoms with E-state index in [9.17, 15) is 4.79 Å². The summed E-state index contributed by atoms with van der Waals surface area (Å²) < 4.78 is 6.84. The van der Waals surface area contributed by atoms with Gasteiger partial charge in [0.25, 0.3) is 0 Å². The number of nitrogens with zero attached hydrogens (tertiary/aromatic N) is 1.